The highest BCUT2D eigenvalue weighted by Crippen LogP contribution is 2.26. The number of carbonyl (C=O) groups excluding carboxylic acids is 1. The van der Waals surface area contributed by atoms with Gasteiger partial charge in [-0.25, -0.2) is 0 Å². The van der Waals surface area contributed by atoms with Gasteiger partial charge in [0.15, 0.2) is 12.0 Å². The molecule has 0 spiro atoms. The topological polar surface area (TPSA) is 67.5 Å². The predicted octanol–water partition coefficient (Wildman–Crippen LogP) is 2.69. The summed E-state index contributed by atoms with van der Waals surface area (Å²) in [7, 11) is 0. The zero-order chi connectivity index (χ0) is 13.1. The van der Waals surface area contributed by atoms with Crippen molar-refractivity contribution < 1.29 is 19.1 Å². The normalized spacial score (nSPS) is 10.3. The van der Waals surface area contributed by atoms with Crippen LogP contribution in [0.3, 0.4) is 0 Å². The third-order valence-corrected chi connectivity index (χ3v) is 2.67. The molecule has 0 amide bonds. The molecule has 1 N–H and O–H groups in total. The van der Waals surface area contributed by atoms with E-state index in [2.05, 4.69) is 0 Å². The number of aldehydes is 1. The molecule has 92 valence electrons. The molecule has 0 radical (unpaired) electrons. The molecule has 2 aromatic rings. The van der Waals surface area contributed by atoms with Crippen molar-refractivity contribution in [2.75, 3.05) is 0 Å². The molecule has 0 bridgehead atoms. The van der Waals surface area contributed by atoms with E-state index in [-0.39, 0.29) is 12.2 Å². The zero-order valence-corrected chi connectivity index (χ0v) is 9.84. The Morgan fingerprint density at radius 2 is 2.11 bits per heavy atom. The van der Waals surface area contributed by atoms with E-state index in [1.165, 1.54) is 0 Å². The minimum absolute atomic E-state index is 0.0332. The Morgan fingerprint density at radius 3 is 2.72 bits per heavy atom. The molecule has 0 fully saturated rings. The van der Waals surface area contributed by atoms with Crippen molar-refractivity contribution in [3.63, 3.8) is 0 Å². The third-order valence-electron chi connectivity index (χ3n) is 2.67. The summed E-state index contributed by atoms with van der Waals surface area (Å²) in [6, 6.07) is 8.69. The van der Waals surface area contributed by atoms with Crippen molar-refractivity contribution in [1.82, 2.24) is 0 Å². The van der Waals surface area contributed by atoms with E-state index in [4.69, 9.17) is 9.52 Å². The SMILES string of the molecule is Cc1ccc(CC(=O)O)cc1-c1ccc(C=O)o1. The molecule has 0 unspecified atom stereocenters. The fraction of sp³-hybridized carbons (Fsp3) is 0.143. The number of furan rings is 1. The molecular formula is C14H12O4. The van der Waals surface area contributed by atoms with Crippen molar-refractivity contribution in [3.8, 4) is 11.3 Å². The van der Waals surface area contributed by atoms with Gasteiger partial charge in [0.25, 0.3) is 0 Å². The largest absolute Gasteiger partial charge is 0.481 e. The van der Waals surface area contributed by atoms with E-state index in [0.29, 0.717) is 17.6 Å². The lowest BCUT2D eigenvalue weighted by atomic mass is 10.0. The van der Waals surface area contributed by atoms with E-state index >= 15 is 0 Å². The van der Waals surface area contributed by atoms with E-state index in [9.17, 15) is 9.59 Å². The first-order valence-corrected chi connectivity index (χ1v) is 5.47. The zero-order valence-electron chi connectivity index (χ0n) is 9.84. The molecule has 0 aliphatic heterocycles. The van der Waals surface area contributed by atoms with Gasteiger partial charge in [0.1, 0.15) is 5.76 Å². The fourth-order valence-corrected chi connectivity index (χ4v) is 1.78. The fourth-order valence-electron chi connectivity index (χ4n) is 1.78. The summed E-state index contributed by atoms with van der Waals surface area (Å²) in [5.74, 6) is -0.0484. The van der Waals surface area contributed by atoms with Crippen LogP contribution in [0, 0.1) is 6.92 Å². The minimum atomic E-state index is -0.877. The molecule has 0 aliphatic carbocycles. The molecule has 0 saturated carbocycles. The van der Waals surface area contributed by atoms with Crippen molar-refractivity contribution in [2.45, 2.75) is 13.3 Å². The summed E-state index contributed by atoms with van der Waals surface area (Å²) in [6.45, 7) is 1.91. The number of aryl methyl sites for hydroxylation is 1. The summed E-state index contributed by atoms with van der Waals surface area (Å²) >= 11 is 0. The first kappa shape index (κ1) is 12.1. The lowest BCUT2D eigenvalue weighted by molar-refractivity contribution is -0.136. The number of hydrogen-bond donors (Lipinski definition) is 1. The summed E-state index contributed by atoms with van der Waals surface area (Å²) in [6.07, 6.45) is 0.606. The Bertz CT molecular complexity index is 596. The second-order valence-electron chi connectivity index (χ2n) is 4.04. The number of carboxylic acids is 1. The monoisotopic (exact) mass is 244 g/mol. The molecule has 0 aliphatic rings. The van der Waals surface area contributed by atoms with Gasteiger partial charge in [-0.3, -0.25) is 9.59 Å². The van der Waals surface area contributed by atoms with Crippen LogP contribution in [0.25, 0.3) is 11.3 Å². The van der Waals surface area contributed by atoms with Crippen molar-refractivity contribution in [1.29, 1.82) is 0 Å². The first-order chi connectivity index (χ1) is 8.60. The molecule has 1 aromatic heterocycles. The Hall–Kier alpha value is -2.36. The van der Waals surface area contributed by atoms with Gasteiger partial charge in [-0.05, 0) is 36.2 Å². The highest BCUT2D eigenvalue weighted by Gasteiger charge is 2.09. The van der Waals surface area contributed by atoms with Crippen LogP contribution < -0.4 is 0 Å². The predicted molar refractivity (Wildman–Crippen MR) is 65.6 cm³/mol. The third kappa shape index (κ3) is 2.48. The first-order valence-electron chi connectivity index (χ1n) is 5.47. The van der Waals surface area contributed by atoms with Gasteiger partial charge in [0.2, 0.25) is 0 Å². The lowest BCUT2D eigenvalue weighted by Crippen LogP contribution is -2.00. The molecule has 4 nitrogen and oxygen atoms in total. The van der Waals surface area contributed by atoms with Crippen LogP contribution in [0.1, 0.15) is 21.7 Å². The van der Waals surface area contributed by atoms with E-state index in [1.807, 2.05) is 13.0 Å². The Balaban J connectivity index is 2.42. The van der Waals surface area contributed by atoms with Crippen molar-refractivity contribution in [3.05, 3.63) is 47.2 Å². The average molecular weight is 244 g/mol. The van der Waals surface area contributed by atoms with E-state index in [1.54, 1.807) is 24.3 Å². The van der Waals surface area contributed by atoms with Gasteiger partial charge < -0.3 is 9.52 Å². The highest BCUT2D eigenvalue weighted by molar-refractivity contribution is 5.75. The molecule has 0 atom stereocenters. The van der Waals surface area contributed by atoms with Crippen LogP contribution in [0.2, 0.25) is 0 Å². The lowest BCUT2D eigenvalue weighted by Gasteiger charge is -2.05. The summed E-state index contributed by atoms with van der Waals surface area (Å²) < 4.78 is 5.34. The van der Waals surface area contributed by atoms with Gasteiger partial charge in [-0.15, -0.1) is 0 Å². The Labute approximate surface area is 104 Å². The number of carbonyl (C=O) groups is 2. The van der Waals surface area contributed by atoms with E-state index < -0.39 is 5.97 Å². The van der Waals surface area contributed by atoms with Gasteiger partial charge in [-0.1, -0.05) is 12.1 Å². The van der Waals surface area contributed by atoms with Crippen LogP contribution in [-0.2, 0) is 11.2 Å². The van der Waals surface area contributed by atoms with Crippen LogP contribution >= 0.6 is 0 Å². The van der Waals surface area contributed by atoms with Gasteiger partial charge in [-0.2, -0.15) is 0 Å². The second kappa shape index (κ2) is 4.87. The number of benzene rings is 1. The average Bonchev–Trinajstić information content (AvgIpc) is 2.79. The summed E-state index contributed by atoms with van der Waals surface area (Å²) in [4.78, 5) is 21.3. The van der Waals surface area contributed by atoms with Crippen LogP contribution in [0.5, 0.6) is 0 Å². The Kier molecular flexibility index (Phi) is 3.28. The number of hydrogen-bond acceptors (Lipinski definition) is 3. The van der Waals surface area contributed by atoms with Crippen LogP contribution in [0.4, 0.5) is 0 Å². The number of carboxylic acid groups (broad SMARTS) is 1. The maximum atomic E-state index is 10.7. The standard InChI is InChI=1S/C14H12O4/c1-9-2-3-10(7-14(16)17)6-12(9)13-5-4-11(8-15)18-13/h2-6,8H,7H2,1H3,(H,16,17). The molecule has 1 aromatic carbocycles. The van der Waals surface area contributed by atoms with Gasteiger partial charge in [0.05, 0.1) is 6.42 Å². The molecule has 4 heteroatoms. The van der Waals surface area contributed by atoms with Gasteiger partial charge >= 0.3 is 5.97 Å². The molecule has 18 heavy (non-hydrogen) atoms. The smallest absolute Gasteiger partial charge is 0.307 e. The van der Waals surface area contributed by atoms with E-state index in [0.717, 1.165) is 11.1 Å². The molecule has 1 heterocycles. The maximum Gasteiger partial charge on any atom is 0.307 e. The van der Waals surface area contributed by atoms with Crippen molar-refractivity contribution in [2.24, 2.45) is 0 Å². The number of aliphatic carboxylic acids is 1. The maximum absolute atomic E-state index is 10.7. The highest BCUT2D eigenvalue weighted by atomic mass is 16.4. The quantitative estimate of drug-likeness (QED) is 0.839. The van der Waals surface area contributed by atoms with Crippen LogP contribution in [-0.4, -0.2) is 17.4 Å². The minimum Gasteiger partial charge on any atom is -0.481 e. The molecule has 2 rings (SSSR count). The van der Waals surface area contributed by atoms with Crippen molar-refractivity contribution >= 4 is 12.3 Å². The summed E-state index contributed by atoms with van der Waals surface area (Å²) in [5, 5.41) is 8.77. The second-order valence-corrected chi connectivity index (χ2v) is 4.04. The van der Waals surface area contributed by atoms with Crippen LogP contribution in [0.15, 0.2) is 34.7 Å². The Morgan fingerprint density at radius 1 is 1.33 bits per heavy atom. The van der Waals surface area contributed by atoms with Gasteiger partial charge in [0, 0.05) is 5.56 Å². The summed E-state index contributed by atoms with van der Waals surface area (Å²) in [5.41, 5.74) is 2.48. The number of rotatable bonds is 4. The molecule has 0 saturated heterocycles. The molecular weight excluding hydrogens is 232 g/mol.